The normalized spacial score (nSPS) is 7.67. The zero-order chi connectivity index (χ0) is 9.98. The van der Waals surface area contributed by atoms with Crippen LogP contribution in [0.15, 0.2) is 0 Å². The van der Waals surface area contributed by atoms with Crippen LogP contribution in [0.4, 0.5) is 0 Å². The molecule has 0 heterocycles. The van der Waals surface area contributed by atoms with Gasteiger partial charge in [-0.3, -0.25) is 9.59 Å². The van der Waals surface area contributed by atoms with Crippen molar-refractivity contribution < 1.29 is 19.1 Å². The molecule has 0 aromatic carbocycles. The fourth-order valence-electron chi connectivity index (χ4n) is 0.371. The summed E-state index contributed by atoms with van der Waals surface area (Å²) >= 11 is 0. The molecule has 4 nitrogen and oxygen atoms in total. The van der Waals surface area contributed by atoms with E-state index in [0.717, 1.165) is 0 Å². The summed E-state index contributed by atoms with van der Waals surface area (Å²) in [5.74, 6) is -0.737. The second-order valence-electron chi connectivity index (χ2n) is 1.68. The molecule has 0 aromatic rings. The van der Waals surface area contributed by atoms with Crippen molar-refractivity contribution in [2.24, 2.45) is 0 Å². The highest BCUT2D eigenvalue weighted by Gasteiger charge is 1.94. The molecule has 12 heavy (non-hydrogen) atoms. The van der Waals surface area contributed by atoms with Gasteiger partial charge in [0.05, 0.1) is 0 Å². The van der Waals surface area contributed by atoms with E-state index in [9.17, 15) is 9.59 Å². The Hall–Kier alpha value is -1.06. The van der Waals surface area contributed by atoms with Crippen LogP contribution < -0.4 is 0 Å². The van der Waals surface area contributed by atoms with Crippen molar-refractivity contribution in [1.82, 2.24) is 0 Å². The summed E-state index contributed by atoms with van der Waals surface area (Å²) in [6.07, 6.45) is 0. The summed E-state index contributed by atoms with van der Waals surface area (Å²) in [6.45, 7) is 6.87. The van der Waals surface area contributed by atoms with Crippen LogP contribution in [0.3, 0.4) is 0 Å². The van der Waals surface area contributed by atoms with E-state index in [1.54, 1.807) is 0 Å². The lowest BCUT2D eigenvalue weighted by Gasteiger charge is -2.00. The van der Waals surface area contributed by atoms with Gasteiger partial charge < -0.3 is 9.47 Å². The monoisotopic (exact) mass is 176 g/mol. The number of carbonyl (C=O) groups excluding carboxylic acids is 2. The second-order valence-corrected chi connectivity index (χ2v) is 1.68. The zero-order valence-corrected chi connectivity index (χ0v) is 8.05. The molecule has 0 amide bonds. The van der Waals surface area contributed by atoms with E-state index in [2.05, 4.69) is 9.47 Å². The fraction of sp³-hybridized carbons (Fsp3) is 0.750. The lowest BCUT2D eigenvalue weighted by atomic mass is 10.7. The van der Waals surface area contributed by atoms with Gasteiger partial charge in [-0.25, -0.2) is 0 Å². The van der Waals surface area contributed by atoms with Crippen molar-refractivity contribution >= 4 is 11.9 Å². The summed E-state index contributed by atoms with van der Waals surface area (Å²) < 4.78 is 8.95. The number of rotatable bonds is 3. The first kappa shape index (κ1) is 13.5. The summed E-state index contributed by atoms with van der Waals surface area (Å²) in [5, 5.41) is 0. The van der Waals surface area contributed by atoms with Gasteiger partial charge in [-0.2, -0.15) is 0 Å². The Balaban J connectivity index is 0. The molecule has 0 saturated carbocycles. The summed E-state index contributed by atoms with van der Waals surface area (Å²) in [7, 11) is 0. The van der Waals surface area contributed by atoms with E-state index < -0.39 is 0 Å². The molecule has 0 unspecified atom stereocenters. The molecule has 0 aliphatic heterocycles. The zero-order valence-electron chi connectivity index (χ0n) is 8.05. The van der Waals surface area contributed by atoms with Gasteiger partial charge in [-0.05, 0) is 0 Å². The highest BCUT2D eigenvalue weighted by molar-refractivity contribution is 5.66. The van der Waals surface area contributed by atoms with Crippen LogP contribution in [0.5, 0.6) is 0 Å². The highest BCUT2D eigenvalue weighted by Crippen LogP contribution is 1.79. The van der Waals surface area contributed by atoms with Crippen molar-refractivity contribution in [1.29, 1.82) is 0 Å². The van der Waals surface area contributed by atoms with E-state index in [1.807, 2.05) is 13.8 Å². The first-order valence-electron chi connectivity index (χ1n) is 3.89. The summed E-state index contributed by atoms with van der Waals surface area (Å²) in [6, 6.07) is 0. The van der Waals surface area contributed by atoms with Crippen molar-refractivity contribution in [3.8, 4) is 0 Å². The van der Waals surface area contributed by atoms with E-state index in [1.165, 1.54) is 13.8 Å². The number of hydrogen-bond acceptors (Lipinski definition) is 4. The Morgan fingerprint density at radius 1 is 0.917 bits per heavy atom. The maximum absolute atomic E-state index is 10.1. The smallest absolute Gasteiger partial charge is 0.302 e. The molecular weight excluding hydrogens is 160 g/mol. The Labute approximate surface area is 72.8 Å². The molecular formula is C8H16O4. The third-order valence-corrected chi connectivity index (χ3v) is 0.694. The van der Waals surface area contributed by atoms with Crippen LogP contribution in [-0.4, -0.2) is 25.2 Å². The number of carbonyl (C=O) groups is 2. The fourth-order valence-corrected chi connectivity index (χ4v) is 0.371. The first-order chi connectivity index (χ1) is 5.63. The molecule has 0 aliphatic rings. The minimum Gasteiger partial charge on any atom is -0.462 e. The Bertz CT molecular complexity index is 115. The molecule has 0 N–H and O–H groups in total. The molecule has 0 rings (SSSR count). The quantitative estimate of drug-likeness (QED) is 0.478. The van der Waals surface area contributed by atoms with E-state index in [-0.39, 0.29) is 25.2 Å². The second kappa shape index (κ2) is 9.94. The van der Waals surface area contributed by atoms with Gasteiger partial charge in [-0.1, -0.05) is 13.8 Å². The molecule has 0 aromatic heterocycles. The Kier molecular flexibility index (Phi) is 11.2. The van der Waals surface area contributed by atoms with Crippen molar-refractivity contribution in [2.75, 3.05) is 13.2 Å². The molecule has 0 aliphatic carbocycles. The molecule has 0 spiro atoms. The van der Waals surface area contributed by atoms with Crippen molar-refractivity contribution in [3.63, 3.8) is 0 Å². The predicted octanol–water partition coefficient (Wildman–Crippen LogP) is 1.14. The SMILES string of the molecule is CC.CC(=O)OCCOC(C)=O. The predicted molar refractivity (Wildman–Crippen MR) is 44.6 cm³/mol. The van der Waals surface area contributed by atoms with Gasteiger partial charge >= 0.3 is 11.9 Å². The van der Waals surface area contributed by atoms with Gasteiger partial charge in [0.25, 0.3) is 0 Å². The van der Waals surface area contributed by atoms with Gasteiger partial charge in [0, 0.05) is 13.8 Å². The topological polar surface area (TPSA) is 52.6 Å². The molecule has 0 fully saturated rings. The molecule has 0 bridgehead atoms. The van der Waals surface area contributed by atoms with E-state index in [4.69, 9.17) is 0 Å². The Morgan fingerprint density at radius 3 is 1.33 bits per heavy atom. The molecule has 0 radical (unpaired) electrons. The maximum Gasteiger partial charge on any atom is 0.302 e. The first-order valence-corrected chi connectivity index (χ1v) is 3.89. The summed E-state index contributed by atoms with van der Waals surface area (Å²) in [5.41, 5.74) is 0. The average Bonchev–Trinajstić information content (AvgIpc) is 2.02. The van der Waals surface area contributed by atoms with Gasteiger partial charge in [-0.15, -0.1) is 0 Å². The molecule has 4 heteroatoms. The Morgan fingerprint density at radius 2 is 1.17 bits per heavy atom. The van der Waals surface area contributed by atoms with E-state index >= 15 is 0 Å². The largest absolute Gasteiger partial charge is 0.462 e. The van der Waals surface area contributed by atoms with Crippen LogP contribution in [0.1, 0.15) is 27.7 Å². The number of esters is 2. The van der Waals surface area contributed by atoms with E-state index in [0.29, 0.717) is 0 Å². The molecule has 72 valence electrons. The highest BCUT2D eigenvalue weighted by atomic mass is 16.6. The van der Waals surface area contributed by atoms with Crippen LogP contribution in [-0.2, 0) is 19.1 Å². The van der Waals surface area contributed by atoms with Crippen LogP contribution >= 0.6 is 0 Å². The number of hydrogen-bond donors (Lipinski definition) is 0. The average molecular weight is 176 g/mol. The molecule has 0 atom stereocenters. The van der Waals surface area contributed by atoms with Gasteiger partial charge in [0.15, 0.2) is 0 Å². The third-order valence-electron chi connectivity index (χ3n) is 0.694. The molecule has 0 saturated heterocycles. The van der Waals surface area contributed by atoms with Crippen LogP contribution in [0, 0.1) is 0 Å². The van der Waals surface area contributed by atoms with Crippen molar-refractivity contribution in [2.45, 2.75) is 27.7 Å². The standard InChI is InChI=1S/C6H10O4.C2H6/c1-5(7)9-3-4-10-6(2)8;1-2/h3-4H2,1-2H3;1-2H3. The van der Waals surface area contributed by atoms with Crippen LogP contribution in [0.25, 0.3) is 0 Å². The van der Waals surface area contributed by atoms with Gasteiger partial charge in [0.2, 0.25) is 0 Å². The lowest BCUT2D eigenvalue weighted by molar-refractivity contribution is -0.149. The lowest BCUT2D eigenvalue weighted by Crippen LogP contribution is -2.09. The minimum absolute atomic E-state index is 0.134. The minimum atomic E-state index is -0.368. The van der Waals surface area contributed by atoms with Crippen LogP contribution in [0.2, 0.25) is 0 Å². The number of ether oxygens (including phenoxy) is 2. The maximum atomic E-state index is 10.1. The third kappa shape index (κ3) is 16.0. The summed E-state index contributed by atoms with van der Waals surface area (Å²) in [4.78, 5) is 20.3. The van der Waals surface area contributed by atoms with Gasteiger partial charge in [0.1, 0.15) is 13.2 Å². The van der Waals surface area contributed by atoms with Crippen molar-refractivity contribution in [3.05, 3.63) is 0 Å².